The van der Waals surface area contributed by atoms with Crippen molar-refractivity contribution in [2.24, 2.45) is 0 Å². The van der Waals surface area contributed by atoms with Gasteiger partial charge in [-0.25, -0.2) is 0 Å². The minimum Gasteiger partial charge on any atom is -0.507 e. The van der Waals surface area contributed by atoms with Crippen LogP contribution < -0.4 is 0 Å². The molecule has 0 heterocycles. The van der Waals surface area contributed by atoms with Crippen molar-refractivity contribution in [2.45, 2.75) is 66.7 Å². The van der Waals surface area contributed by atoms with Crippen LogP contribution >= 0.6 is 0 Å². The zero-order valence-corrected chi connectivity index (χ0v) is 17.1. The molecule has 0 saturated carbocycles. The molecule has 0 radical (unpaired) electrons. The Bertz CT molecular complexity index is 763. The van der Waals surface area contributed by atoms with E-state index in [0.29, 0.717) is 6.42 Å². The first-order chi connectivity index (χ1) is 12.6. The quantitative estimate of drug-likeness (QED) is 0.369. The molecule has 0 saturated heterocycles. The molecule has 0 aliphatic rings. The summed E-state index contributed by atoms with van der Waals surface area (Å²) in [6.07, 6.45) is 10.7. The average molecular weight is 373 g/mol. The largest absolute Gasteiger partial charge is 0.507 e. The van der Waals surface area contributed by atoms with Crippen molar-refractivity contribution in [3.05, 3.63) is 52.1 Å². The molecule has 0 aliphatic carbocycles. The van der Waals surface area contributed by atoms with Crippen molar-refractivity contribution < 1.29 is 20.1 Å². The van der Waals surface area contributed by atoms with Gasteiger partial charge in [0.05, 0.1) is 0 Å². The molecule has 0 unspecified atom stereocenters. The molecule has 0 spiro atoms. The fourth-order valence-corrected chi connectivity index (χ4v) is 2.85. The Balaban J connectivity index is 2.71. The molecule has 0 fully saturated rings. The van der Waals surface area contributed by atoms with E-state index in [-0.39, 0.29) is 22.6 Å². The number of carbonyl (C=O) groups is 1. The van der Waals surface area contributed by atoms with Crippen LogP contribution in [0.5, 0.6) is 17.2 Å². The minimum atomic E-state index is -0.444. The van der Waals surface area contributed by atoms with Crippen LogP contribution in [0, 0.1) is 0 Å². The molecule has 3 N–H and O–H groups in total. The number of Topliss-reactive ketones (excluding diaryl/α,β-unsaturated/α-hetero) is 1. The van der Waals surface area contributed by atoms with Crippen LogP contribution in [0.15, 0.2) is 41.0 Å². The van der Waals surface area contributed by atoms with E-state index in [9.17, 15) is 20.1 Å². The van der Waals surface area contributed by atoms with Gasteiger partial charge in [0.1, 0.15) is 22.8 Å². The first-order valence-corrected chi connectivity index (χ1v) is 9.35. The number of ketones is 1. The van der Waals surface area contributed by atoms with Gasteiger partial charge >= 0.3 is 0 Å². The summed E-state index contributed by atoms with van der Waals surface area (Å²) in [5.74, 6) is -1.41. The van der Waals surface area contributed by atoms with E-state index in [1.54, 1.807) is 0 Å². The lowest BCUT2D eigenvalue weighted by Gasteiger charge is -2.11. The predicted molar refractivity (Wildman–Crippen MR) is 111 cm³/mol. The van der Waals surface area contributed by atoms with Gasteiger partial charge in [-0.1, -0.05) is 34.9 Å². The van der Waals surface area contributed by atoms with Crippen LogP contribution in [0.25, 0.3) is 0 Å². The SMILES string of the molecule is CC(=O)c1c(O)cc(O)c(CC=C(C)CCC=C(C)CCC=C(C)C)c1O. The van der Waals surface area contributed by atoms with Crippen molar-refractivity contribution in [3.63, 3.8) is 0 Å². The maximum atomic E-state index is 11.6. The van der Waals surface area contributed by atoms with E-state index in [1.807, 2.05) is 13.0 Å². The third-order valence-corrected chi connectivity index (χ3v) is 4.49. The normalized spacial score (nSPS) is 12.2. The monoisotopic (exact) mass is 372 g/mol. The number of benzene rings is 1. The maximum Gasteiger partial charge on any atom is 0.167 e. The Kier molecular flexibility index (Phi) is 8.86. The molecule has 0 aliphatic heterocycles. The Labute approximate surface area is 162 Å². The lowest BCUT2D eigenvalue weighted by Crippen LogP contribution is -1.97. The Morgan fingerprint density at radius 2 is 1.41 bits per heavy atom. The van der Waals surface area contributed by atoms with Crippen molar-refractivity contribution in [2.75, 3.05) is 0 Å². The van der Waals surface area contributed by atoms with Gasteiger partial charge in [0.2, 0.25) is 0 Å². The molecule has 0 amide bonds. The topological polar surface area (TPSA) is 77.8 Å². The van der Waals surface area contributed by atoms with E-state index in [4.69, 9.17) is 0 Å². The summed E-state index contributed by atoms with van der Waals surface area (Å²) in [6, 6.07) is 1.10. The lowest BCUT2D eigenvalue weighted by atomic mass is 9.99. The number of hydrogen-bond donors (Lipinski definition) is 3. The summed E-state index contributed by atoms with van der Waals surface area (Å²) < 4.78 is 0. The third-order valence-electron chi connectivity index (χ3n) is 4.49. The van der Waals surface area contributed by atoms with Gasteiger partial charge in [-0.15, -0.1) is 0 Å². The van der Waals surface area contributed by atoms with Crippen LogP contribution in [-0.2, 0) is 6.42 Å². The van der Waals surface area contributed by atoms with Gasteiger partial charge in [-0.2, -0.15) is 0 Å². The summed E-state index contributed by atoms with van der Waals surface area (Å²) in [7, 11) is 0. The zero-order chi connectivity index (χ0) is 20.6. The number of phenols is 3. The molecule has 148 valence electrons. The first kappa shape index (κ1) is 22.6. The molecule has 0 bridgehead atoms. The molecular weight excluding hydrogens is 340 g/mol. The zero-order valence-electron chi connectivity index (χ0n) is 17.1. The van der Waals surface area contributed by atoms with Gasteiger partial charge < -0.3 is 15.3 Å². The van der Waals surface area contributed by atoms with Crippen LogP contribution in [0.3, 0.4) is 0 Å². The molecule has 0 atom stereocenters. The number of rotatable bonds is 9. The fraction of sp³-hybridized carbons (Fsp3) is 0.435. The Hall–Kier alpha value is -2.49. The highest BCUT2D eigenvalue weighted by Gasteiger charge is 2.19. The van der Waals surface area contributed by atoms with Gasteiger partial charge in [0.15, 0.2) is 5.78 Å². The Morgan fingerprint density at radius 1 is 0.852 bits per heavy atom. The smallest absolute Gasteiger partial charge is 0.167 e. The van der Waals surface area contributed by atoms with Gasteiger partial charge in [-0.05, 0) is 66.7 Å². The van der Waals surface area contributed by atoms with Crippen LogP contribution in [-0.4, -0.2) is 21.1 Å². The predicted octanol–water partition coefficient (Wildman–Crippen LogP) is 5.97. The maximum absolute atomic E-state index is 11.6. The average Bonchev–Trinajstić information content (AvgIpc) is 2.53. The van der Waals surface area contributed by atoms with E-state index in [0.717, 1.165) is 37.3 Å². The summed E-state index contributed by atoms with van der Waals surface area (Å²) in [6.45, 7) is 9.63. The highest BCUT2D eigenvalue weighted by atomic mass is 16.3. The molecule has 0 aromatic heterocycles. The second kappa shape index (κ2) is 10.6. The summed E-state index contributed by atoms with van der Waals surface area (Å²) in [5.41, 5.74) is 3.96. The van der Waals surface area contributed by atoms with E-state index in [2.05, 4.69) is 32.9 Å². The summed E-state index contributed by atoms with van der Waals surface area (Å²) in [5, 5.41) is 29.9. The number of aromatic hydroxyl groups is 3. The first-order valence-electron chi connectivity index (χ1n) is 9.35. The van der Waals surface area contributed by atoms with E-state index >= 15 is 0 Å². The van der Waals surface area contributed by atoms with Crippen molar-refractivity contribution in [1.29, 1.82) is 0 Å². The highest BCUT2D eigenvalue weighted by Crippen LogP contribution is 2.38. The summed E-state index contributed by atoms with van der Waals surface area (Å²) >= 11 is 0. The lowest BCUT2D eigenvalue weighted by molar-refractivity contribution is 0.101. The van der Waals surface area contributed by atoms with Gasteiger partial charge in [0, 0.05) is 11.6 Å². The molecule has 4 nitrogen and oxygen atoms in total. The molecular formula is C23H32O4. The van der Waals surface area contributed by atoms with Crippen molar-refractivity contribution in [3.8, 4) is 17.2 Å². The second-order valence-corrected chi connectivity index (χ2v) is 7.34. The Morgan fingerprint density at radius 3 is 1.96 bits per heavy atom. The molecule has 1 aromatic carbocycles. The standard InChI is InChI=1S/C23H32O4/c1-15(2)8-6-9-16(3)10-7-11-17(4)12-13-19-20(25)14-21(26)22(18(5)24)23(19)27/h8,10,12,14,25-27H,6-7,9,11,13H2,1-5H3. The summed E-state index contributed by atoms with van der Waals surface area (Å²) in [4.78, 5) is 11.6. The molecule has 1 aromatic rings. The van der Waals surface area contributed by atoms with Crippen LogP contribution in [0.2, 0.25) is 0 Å². The molecule has 27 heavy (non-hydrogen) atoms. The highest BCUT2D eigenvalue weighted by molar-refractivity contribution is 6.00. The van der Waals surface area contributed by atoms with Gasteiger partial charge in [0.25, 0.3) is 0 Å². The minimum absolute atomic E-state index is 0.149. The van der Waals surface area contributed by atoms with E-state index in [1.165, 1.54) is 18.1 Å². The molecule has 4 heteroatoms. The number of phenolic OH excluding ortho intramolecular Hbond substituents is 3. The van der Waals surface area contributed by atoms with Crippen molar-refractivity contribution >= 4 is 5.78 Å². The fourth-order valence-electron chi connectivity index (χ4n) is 2.85. The van der Waals surface area contributed by atoms with Crippen molar-refractivity contribution in [1.82, 2.24) is 0 Å². The number of allylic oxidation sites excluding steroid dienone is 6. The molecule has 1 rings (SSSR count). The third kappa shape index (κ3) is 7.33. The van der Waals surface area contributed by atoms with Gasteiger partial charge in [-0.3, -0.25) is 4.79 Å². The second-order valence-electron chi connectivity index (χ2n) is 7.34. The number of hydrogen-bond acceptors (Lipinski definition) is 4. The van der Waals surface area contributed by atoms with E-state index < -0.39 is 11.5 Å². The van der Waals surface area contributed by atoms with Crippen LogP contribution in [0.1, 0.15) is 76.2 Å². The number of carbonyl (C=O) groups excluding carboxylic acids is 1. The van der Waals surface area contributed by atoms with Crippen LogP contribution in [0.4, 0.5) is 0 Å².